The molecule has 5 aliphatic rings. The van der Waals surface area contributed by atoms with E-state index in [1.807, 2.05) is 16.9 Å². The van der Waals surface area contributed by atoms with E-state index < -0.39 is 5.44 Å². The molecule has 7 nitrogen and oxygen atoms in total. The van der Waals surface area contributed by atoms with E-state index in [1.54, 1.807) is 24.4 Å². The van der Waals surface area contributed by atoms with E-state index in [9.17, 15) is 9.65 Å². The molecule has 0 aliphatic heterocycles. The van der Waals surface area contributed by atoms with E-state index in [0.717, 1.165) is 35.8 Å². The van der Waals surface area contributed by atoms with Crippen molar-refractivity contribution >= 4 is 41.7 Å². The fourth-order valence-corrected chi connectivity index (χ4v) is 8.37. The summed E-state index contributed by atoms with van der Waals surface area (Å²) in [5.74, 6) is 2.59. The number of hydrogen-bond donors (Lipinski definition) is 2. The lowest BCUT2D eigenvalue weighted by Crippen LogP contribution is -2.51. The van der Waals surface area contributed by atoms with Crippen molar-refractivity contribution in [3.63, 3.8) is 0 Å². The fourth-order valence-electron chi connectivity index (χ4n) is 8.10. The molecule has 5 fully saturated rings. The monoisotopic (exact) mass is 577 g/mol. The zero-order chi connectivity index (χ0) is 28.6. The summed E-state index contributed by atoms with van der Waals surface area (Å²) in [6, 6.07) is 12.8. The third-order valence-electron chi connectivity index (χ3n) is 10.1. The Morgan fingerprint density at radius 2 is 1.76 bits per heavy atom. The van der Waals surface area contributed by atoms with Gasteiger partial charge in [0, 0.05) is 23.3 Å². The number of halogens is 2. The van der Waals surface area contributed by atoms with Crippen molar-refractivity contribution in [2.75, 3.05) is 10.6 Å². The Kier molecular flexibility index (Phi) is 6.01. The van der Waals surface area contributed by atoms with Gasteiger partial charge in [0.1, 0.15) is 25.4 Å². The van der Waals surface area contributed by atoms with Gasteiger partial charge >= 0.3 is 0 Å². The average molecular weight is 578 g/mol. The molecule has 2 radical (unpaired) electrons. The summed E-state index contributed by atoms with van der Waals surface area (Å²) < 4.78 is 15.8. The van der Waals surface area contributed by atoms with Gasteiger partial charge in [0.2, 0.25) is 0 Å². The molecular weight excluding hydrogens is 548 g/mol. The van der Waals surface area contributed by atoms with Crippen LogP contribution in [0.4, 0.5) is 15.8 Å². The second-order valence-corrected chi connectivity index (χ2v) is 13.3. The van der Waals surface area contributed by atoms with Crippen LogP contribution in [0.5, 0.6) is 0 Å². The normalized spacial score (nSPS) is 27.5. The largest absolute Gasteiger partial charge is 0.380 e. The Morgan fingerprint density at radius 1 is 1.05 bits per heavy atom. The number of aromatic nitrogens is 4. The molecular formula is C32H30BClFN7. The summed E-state index contributed by atoms with van der Waals surface area (Å²) in [5, 5.41) is 27.4. The maximum Gasteiger partial charge on any atom is 0.123 e. The first-order chi connectivity index (χ1) is 20.4. The molecule has 2 heterocycles. The lowest BCUT2D eigenvalue weighted by atomic mass is 9.54. The molecule has 0 saturated heterocycles. The van der Waals surface area contributed by atoms with Gasteiger partial charge in [-0.05, 0) is 98.4 Å². The lowest BCUT2D eigenvalue weighted by molar-refractivity contribution is 0.00757. The first-order valence-electron chi connectivity index (χ1n) is 14.9. The minimum absolute atomic E-state index is 0.327. The van der Waals surface area contributed by atoms with E-state index in [2.05, 4.69) is 32.0 Å². The number of fused-ring (bicyclic) bond motifs is 1. The number of anilines is 2. The first-order valence-corrected chi connectivity index (χ1v) is 15.3. The smallest absolute Gasteiger partial charge is 0.123 e. The second-order valence-electron chi connectivity index (χ2n) is 12.9. The number of pyridine rings is 1. The molecule has 0 amide bonds. The van der Waals surface area contributed by atoms with E-state index in [-0.39, 0.29) is 5.82 Å². The molecule has 5 saturated carbocycles. The van der Waals surface area contributed by atoms with E-state index in [0.29, 0.717) is 57.0 Å². The van der Waals surface area contributed by atoms with Gasteiger partial charge in [-0.2, -0.15) is 5.26 Å². The molecule has 10 heteroatoms. The van der Waals surface area contributed by atoms with Crippen LogP contribution in [0, 0.1) is 40.8 Å². The van der Waals surface area contributed by atoms with Crippen LogP contribution in [-0.4, -0.2) is 33.9 Å². The number of hydrogen-bond acceptors (Lipinski definition) is 6. The van der Waals surface area contributed by atoms with Crippen LogP contribution in [0.3, 0.4) is 0 Å². The molecule has 2 N–H and O–H groups in total. The Balaban J connectivity index is 1.21. The Bertz CT molecular complexity index is 1700. The highest BCUT2D eigenvalue weighted by Gasteiger charge is 2.48. The van der Waals surface area contributed by atoms with Crippen LogP contribution >= 0.6 is 11.6 Å². The number of nitriles is 1. The Morgan fingerprint density at radius 3 is 2.43 bits per heavy atom. The van der Waals surface area contributed by atoms with Gasteiger partial charge in [-0.15, -0.1) is 5.10 Å². The molecule has 0 spiro atoms. The van der Waals surface area contributed by atoms with E-state index in [1.165, 1.54) is 44.2 Å². The van der Waals surface area contributed by atoms with Crippen LogP contribution in [0.2, 0.25) is 5.02 Å². The Labute approximate surface area is 250 Å². The van der Waals surface area contributed by atoms with Crippen molar-refractivity contribution < 1.29 is 4.39 Å². The maximum absolute atomic E-state index is 13.9. The number of rotatable bonds is 7. The topological polar surface area (TPSA) is 91.5 Å². The third-order valence-corrected chi connectivity index (χ3v) is 10.3. The van der Waals surface area contributed by atoms with Crippen molar-refractivity contribution in [1.82, 2.24) is 20.0 Å². The highest BCUT2D eigenvalue weighted by Crippen LogP contribution is 2.54. The minimum atomic E-state index is -1.33. The van der Waals surface area contributed by atoms with Crippen LogP contribution in [-0.2, 0) is 5.44 Å². The van der Waals surface area contributed by atoms with Crippen molar-refractivity contribution in [2.45, 2.75) is 62.5 Å². The summed E-state index contributed by atoms with van der Waals surface area (Å²) in [6.07, 6.45) is 12.0. The summed E-state index contributed by atoms with van der Waals surface area (Å²) in [7, 11) is 7.10. The van der Waals surface area contributed by atoms with Gasteiger partial charge in [0.15, 0.2) is 0 Å². The van der Waals surface area contributed by atoms with Crippen molar-refractivity contribution in [3.8, 4) is 6.07 Å². The van der Waals surface area contributed by atoms with Crippen molar-refractivity contribution in [1.29, 1.82) is 5.26 Å². The zero-order valence-corrected chi connectivity index (χ0v) is 23.9. The minimum Gasteiger partial charge on any atom is -0.380 e. The molecule has 5 aliphatic carbocycles. The van der Waals surface area contributed by atoms with Crippen LogP contribution in [0.15, 0.2) is 48.8 Å². The van der Waals surface area contributed by atoms with Gasteiger partial charge in [-0.3, -0.25) is 4.98 Å². The molecule has 9 rings (SSSR count). The first kappa shape index (κ1) is 26.0. The summed E-state index contributed by atoms with van der Waals surface area (Å²) in [4.78, 5) is 4.57. The highest BCUT2D eigenvalue weighted by atomic mass is 35.5. The van der Waals surface area contributed by atoms with E-state index in [4.69, 9.17) is 19.4 Å². The quantitative estimate of drug-likeness (QED) is 0.242. The average Bonchev–Trinajstić information content (AvgIpc) is 3.70. The Hall–Kier alpha value is -3.64. The number of benzene rings is 2. The lowest BCUT2D eigenvalue weighted by Gasteiger charge is -2.54. The van der Waals surface area contributed by atoms with Crippen LogP contribution < -0.4 is 10.6 Å². The van der Waals surface area contributed by atoms with Gasteiger partial charge < -0.3 is 10.6 Å². The summed E-state index contributed by atoms with van der Waals surface area (Å²) >= 11 is 6.85. The van der Waals surface area contributed by atoms with Gasteiger partial charge in [0.05, 0.1) is 39.5 Å². The predicted octanol–water partition coefficient (Wildman–Crippen LogP) is 6.54. The molecule has 2 aromatic heterocycles. The molecule has 1 atom stereocenters. The third kappa shape index (κ3) is 4.34. The predicted molar refractivity (Wildman–Crippen MR) is 161 cm³/mol. The van der Waals surface area contributed by atoms with Crippen LogP contribution in [0.1, 0.15) is 67.8 Å². The zero-order valence-electron chi connectivity index (χ0n) is 23.1. The molecule has 1 unspecified atom stereocenters. The molecule has 210 valence electrons. The van der Waals surface area contributed by atoms with Gasteiger partial charge in [-0.1, -0.05) is 28.9 Å². The van der Waals surface area contributed by atoms with Crippen LogP contribution in [0.25, 0.3) is 10.9 Å². The van der Waals surface area contributed by atoms with E-state index >= 15 is 0 Å². The molecule has 42 heavy (non-hydrogen) atoms. The molecule has 2 aromatic carbocycles. The fraction of sp³-hybridized carbons (Fsp3) is 0.438. The van der Waals surface area contributed by atoms with Gasteiger partial charge in [0.25, 0.3) is 0 Å². The van der Waals surface area contributed by atoms with Crippen molar-refractivity contribution in [3.05, 3.63) is 76.5 Å². The number of nitrogens with zero attached hydrogens (tertiary/aromatic N) is 5. The second kappa shape index (κ2) is 9.70. The van der Waals surface area contributed by atoms with Gasteiger partial charge in [-0.25, -0.2) is 9.07 Å². The molecule has 4 bridgehead atoms. The summed E-state index contributed by atoms with van der Waals surface area (Å²) in [5.41, 5.74) is 2.32. The molecule has 4 aromatic rings. The summed E-state index contributed by atoms with van der Waals surface area (Å²) in [6.45, 7) is 0. The van der Waals surface area contributed by atoms with Crippen molar-refractivity contribution in [2.24, 2.45) is 23.7 Å². The number of nitrogens with one attached hydrogen (secondary N) is 2. The maximum atomic E-state index is 13.9. The SMILES string of the molecule is [B]C(Nc1cc(Cl)c2ncc(C#N)c(NC3C4CC5CC(C4)CC3C5)c2c1)(c1ccc(F)cc1)c1cn(C2CC2)nn1. The highest BCUT2D eigenvalue weighted by molar-refractivity contribution is 6.36. The standard InChI is InChI=1S/C32H30BClFN7/c33-32(22-1-3-23(35)4-2-22,28-16-42(41-40-28)25-5-6-25)39-24-12-26-30(21(14-36)15-37-31(26)27(34)13-24)38-29-19-8-17-7-18(10-19)11-20(29)9-17/h1-4,12-13,15-20,25,29,39H,5-11H2,(H,37,38).